The third kappa shape index (κ3) is 5.72. The van der Waals surface area contributed by atoms with Crippen molar-refractivity contribution in [1.82, 2.24) is 9.80 Å². The first-order chi connectivity index (χ1) is 14.1. The highest BCUT2D eigenvalue weighted by molar-refractivity contribution is 5.93. The summed E-state index contributed by atoms with van der Waals surface area (Å²) in [5.74, 6) is 0.0290. The number of hydrogen-bond donors (Lipinski definition) is 2. The summed E-state index contributed by atoms with van der Waals surface area (Å²) in [6.45, 7) is 4.71. The molecular formula is C23H34N4O2. The lowest BCUT2D eigenvalue weighted by Crippen LogP contribution is -2.35. The molecule has 0 aromatic heterocycles. The number of carbonyl (C=O) groups excluding carboxylic acids is 2. The number of nitrogens with one attached hydrogen (secondary N) is 2. The van der Waals surface area contributed by atoms with Crippen molar-refractivity contribution in [3.8, 4) is 0 Å². The number of piperidine rings is 1. The largest absolute Gasteiger partial charge is 0.326 e. The fourth-order valence-electron chi connectivity index (χ4n) is 4.68. The fourth-order valence-corrected chi connectivity index (χ4v) is 4.68. The molecule has 4 rings (SSSR count). The Hall–Kier alpha value is -2.08. The highest BCUT2D eigenvalue weighted by atomic mass is 16.2. The van der Waals surface area contributed by atoms with E-state index < -0.39 is 0 Å². The van der Waals surface area contributed by atoms with E-state index in [2.05, 4.69) is 15.5 Å². The van der Waals surface area contributed by atoms with Crippen LogP contribution in [0.5, 0.6) is 0 Å². The predicted octanol–water partition coefficient (Wildman–Crippen LogP) is 4.30. The van der Waals surface area contributed by atoms with Gasteiger partial charge in [0.1, 0.15) is 0 Å². The van der Waals surface area contributed by atoms with E-state index in [1.807, 2.05) is 29.2 Å². The summed E-state index contributed by atoms with van der Waals surface area (Å²) in [6.07, 6.45) is 10.4. The Bertz CT molecular complexity index is 725. The van der Waals surface area contributed by atoms with Crippen LogP contribution in [0.2, 0.25) is 0 Å². The Balaban J connectivity index is 1.25. The van der Waals surface area contributed by atoms with Gasteiger partial charge >= 0.3 is 6.03 Å². The average molecular weight is 399 g/mol. The maximum absolute atomic E-state index is 12.7. The lowest BCUT2D eigenvalue weighted by atomic mass is 9.98. The third-order valence-electron chi connectivity index (χ3n) is 6.79. The van der Waals surface area contributed by atoms with Gasteiger partial charge in [0.2, 0.25) is 5.91 Å². The molecule has 158 valence electrons. The first-order valence-corrected chi connectivity index (χ1v) is 11.3. The van der Waals surface area contributed by atoms with Crippen molar-refractivity contribution < 1.29 is 9.59 Å². The molecule has 3 aliphatic rings. The molecule has 1 saturated carbocycles. The van der Waals surface area contributed by atoms with E-state index in [1.54, 1.807) is 0 Å². The molecule has 6 heteroatoms. The molecule has 29 heavy (non-hydrogen) atoms. The first kappa shape index (κ1) is 20.2. The summed E-state index contributed by atoms with van der Waals surface area (Å²) in [5, 5.41) is 5.99. The van der Waals surface area contributed by atoms with E-state index in [1.165, 1.54) is 38.5 Å². The number of anilines is 2. The summed E-state index contributed by atoms with van der Waals surface area (Å²) in [5.41, 5.74) is 2.02. The monoisotopic (exact) mass is 398 g/mol. The van der Waals surface area contributed by atoms with Crippen LogP contribution in [0.3, 0.4) is 0 Å². The number of benzene rings is 1. The van der Waals surface area contributed by atoms with Crippen LogP contribution in [-0.2, 0) is 4.79 Å². The van der Waals surface area contributed by atoms with Gasteiger partial charge in [-0.3, -0.25) is 4.79 Å². The van der Waals surface area contributed by atoms with E-state index in [4.69, 9.17) is 0 Å². The Kier molecular flexibility index (Phi) is 6.38. The molecule has 1 aromatic rings. The highest BCUT2D eigenvalue weighted by Gasteiger charge is 2.43. The predicted molar refractivity (Wildman–Crippen MR) is 116 cm³/mol. The van der Waals surface area contributed by atoms with Crippen LogP contribution in [0.1, 0.15) is 57.8 Å². The van der Waals surface area contributed by atoms with Crippen LogP contribution in [0, 0.1) is 5.41 Å². The molecule has 3 fully saturated rings. The van der Waals surface area contributed by atoms with Crippen molar-refractivity contribution in [2.75, 3.05) is 43.4 Å². The molecular weight excluding hydrogens is 364 g/mol. The molecule has 2 N–H and O–H groups in total. The molecule has 0 unspecified atom stereocenters. The SMILES string of the molecule is O=C(CCN1CCCCC1)Nc1cccc(NC(=O)N2CCCC3(CC2)CC3)c1. The zero-order valence-corrected chi connectivity index (χ0v) is 17.4. The summed E-state index contributed by atoms with van der Waals surface area (Å²) < 4.78 is 0. The van der Waals surface area contributed by atoms with Crippen molar-refractivity contribution in [2.24, 2.45) is 5.41 Å². The molecule has 2 heterocycles. The van der Waals surface area contributed by atoms with Gasteiger partial charge in [0.25, 0.3) is 0 Å². The molecule has 6 nitrogen and oxygen atoms in total. The van der Waals surface area contributed by atoms with Gasteiger partial charge in [0.15, 0.2) is 0 Å². The Morgan fingerprint density at radius 1 is 0.862 bits per heavy atom. The maximum Gasteiger partial charge on any atom is 0.321 e. The van der Waals surface area contributed by atoms with Gasteiger partial charge < -0.3 is 20.4 Å². The van der Waals surface area contributed by atoms with Gasteiger partial charge in [-0.25, -0.2) is 4.79 Å². The zero-order valence-electron chi connectivity index (χ0n) is 17.4. The number of likely N-dealkylation sites (tertiary alicyclic amines) is 2. The molecule has 1 aliphatic carbocycles. The smallest absolute Gasteiger partial charge is 0.321 e. The van der Waals surface area contributed by atoms with Crippen LogP contribution in [-0.4, -0.2) is 54.5 Å². The van der Waals surface area contributed by atoms with Crippen LogP contribution >= 0.6 is 0 Å². The van der Waals surface area contributed by atoms with Crippen molar-refractivity contribution in [3.63, 3.8) is 0 Å². The van der Waals surface area contributed by atoms with Crippen LogP contribution in [0.15, 0.2) is 24.3 Å². The van der Waals surface area contributed by atoms with Gasteiger partial charge in [-0.2, -0.15) is 0 Å². The number of nitrogens with zero attached hydrogens (tertiary/aromatic N) is 2. The van der Waals surface area contributed by atoms with E-state index in [-0.39, 0.29) is 11.9 Å². The first-order valence-electron chi connectivity index (χ1n) is 11.3. The Morgan fingerprint density at radius 2 is 1.62 bits per heavy atom. The minimum atomic E-state index is -0.0312. The van der Waals surface area contributed by atoms with Crippen molar-refractivity contribution in [3.05, 3.63) is 24.3 Å². The lowest BCUT2D eigenvalue weighted by molar-refractivity contribution is -0.116. The van der Waals surface area contributed by atoms with Gasteiger partial charge in [-0.15, -0.1) is 0 Å². The van der Waals surface area contributed by atoms with Crippen LogP contribution in [0.25, 0.3) is 0 Å². The summed E-state index contributed by atoms with van der Waals surface area (Å²) in [4.78, 5) is 29.3. The van der Waals surface area contributed by atoms with Crippen LogP contribution in [0.4, 0.5) is 16.2 Å². The average Bonchev–Trinajstić information content (AvgIpc) is 3.53. The van der Waals surface area contributed by atoms with E-state index in [9.17, 15) is 9.59 Å². The number of carbonyl (C=O) groups is 2. The fraction of sp³-hybridized carbons (Fsp3) is 0.652. The normalized spacial score (nSPS) is 21.4. The molecule has 3 amide bonds. The lowest BCUT2D eigenvalue weighted by Gasteiger charge is -2.26. The van der Waals surface area contributed by atoms with Crippen molar-refractivity contribution in [1.29, 1.82) is 0 Å². The van der Waals surface area contributed by atoms with E-state index >= 15 is 0 Å². The van der Waals surface area contributed by atoms with E-state index in [0.717, 1.165) is 56.9 Å². The van der Waals surface area contributed by atoms with Crippen molar-refractivity contribution in [2.45, 2.75) is 57.8 Å². The molecule has 0 radical (unpaired) electrons. The second-order valence-electron chi connectivity index (χ2n) is 9.05. The van der Waals surface area contributed by atoms with Crippen molar-refractivity contribution >= 4 is 23.3 Å². The molecule has 0 atom stereocenters. The standard InChI is InChI=1S/C23H34N4O2/c28-21(8-16-26-13-2-1-3-14-26)24-19-6-4-7-20(18-19)25-22(29)27-15-5-9-23(10-11-23)12-17-27/h4,6-7,18H,1-3,5,8-17H2,(H,24,28)(H,25,29). The van der Waals surface area contributed by atoms with Gasteiger partial charge in [0.05, 0.1) is 0 Å². The number of amides is 3. The van der Waals surface area contributed by atoms with E-state index in [0.29, 0.717) is 11.8 Å². The number of hydrogen-bond acceptors (Lipinski definition) is 3. The molecule has 2 saturated heterocycles. The second-order valence-corrected chi connectivity index (χ2v) is 9.05. The topological polar surface area (TPSA) is 64.7 Å². The molecule has 0 bridgehead atoms. The zero-order chi connectivity index (χ0) is 20.1. The molecule has 2 aliphatic heterocycles. The summed E-state index contributed by atoms with van der Waals surface area (Å²) in [6, 6.07) is 7.43. The quantitative estimate of drug-likeness (QED) is 0.777. The maximum atomic E-state index is 12.7. The van der Waals surface area contributed by atoms with Gasteiger partial charge in [-0.05, 0) is 81.6 Å². The highest BCUT2D eigenvalue weighted by Crippen LogP contribution is 2.53. The summed E-state index contributed by atoms with van der Waals surface area (Å²) in [7, 11) is 0. The third-order valence-corrected chi connectivity index (χ3v) is 6.79. The molecule has 1 aromatic carbocycles. The van der Waals surface area contributed by atoms with Gasteiger partial charge in [0, 0.05) is 37.4 Å². The Labute approximate surface area is 174 Å². The van der Waals surface area contributed by atoms with Crippen LogP contribution < -0.4 is 10.6 Å². The Morgan fingerprint density at radius 3 is 2.38 bits per heavy atom. The second kappa shape index (κ2) is 9.16. The number of rotatable bonds is 5. The number of urea groups is 1. The minimum Gasteiger partial charge on any atom is -0.326 e. The molecule has 1 spiro atoms. The summed E-state index contributed by atoms with van der Waals surface area (Å²) >= 11 is 0. The van der Waals surface area contributed by atoms with Gasteiger partial charge in [-0.1, -0.05) is 12.5 Å². The minimum absolute atomic E-state index is 0.0290.